The fraction of sp³-hybridized carbons (Fsp3) is 0.545. The normalized spacial score (nSPS) is 18.8. The molecule has 0 N–H and O–H groups in total. The Morgan fingerprint density at radius 1 is 1.21 bits per heavy atom. The molecule has 0 saturated heterocycles. The first-order chi connectivity index (χ1) is 12.9. The van der Waals surface area contributed by atoms with Crippen LogP contribution in [0.15, 0.2) is 41.0 Å². The maximum absolute atomic E-state index is 12.0. The number of hydrogen-bond donors (Lipinski definition) is 0. The number of ketones is 1. The van der Waals surface area contributed by atoms with Gasteiger partial charge in [-0.1, -0.05) is 52.3 Å². The van der Waals surface area contributed by atoms with Crippen molar-refractivity contribution in [3.63, 3.8) is 0 Å². The third-order valence-corrected chi connectivity index (χ3v) is 5.49. The number of thioether (sulfide) groups is 1. The van der Waals surface area contributed by atoms with Crippen molar-refractivity contribution in [3.05, 3.63) is 41.7 Å². The molecule has 0 bridgehead atoms. The van der Waals surface area contributed by atoms with E-state index in [1.165, 1.54) is 12.7 Å². The molecule has 28 heavy (non-hydrogen) atoms. The van der Waals surface area contributed by atoms with Gasteiger partial charge in [0.15, 0.2) is 5.78 Å². The van der Waals surface area contributed by atoms with Crippen molar-refractivity contribution >= 4 is 23.5 Å². The zero-order valence-electron chi connectivity index (χ0n) is 18.6. The van der Waals surface area contributed by atoms with Gasteiger partial charge in [0.25, 0.3) is 0 Å². The Morgan fingerprint density at radius 3 is 2.25 bits per heavy atom. The predicted octanol–water partition coefficient (Wildman–Crippen LogP) is 1.40. The van der Waals surface area contributed by atoms with Crippen LogP contribution in [0.4, 0.5) is 0 Å². The summed E-state index contributed by atoms with van der Waals surface area (Å²) in [7, 11) is 1.27. The third kappa shape index (κ3) is 9.17. The van der Waals surface area contributed by atoms with E-state index in [-0.39, 0.29) is 53.6 Å². The summed E-state index contributed by atoms with van der Waals surface area (Å²) in [4.78, 5) is 24.8. The molecule has 0 fully saturated rings. The molecule has 0 aromatic heterocycles. The Morgan fingerprint density at radius 2 is 1.75 bits per heavy atom. The van der Waals surface area contributed by atoms with E-state index in [0.29, 0.717) is 0 Å². The van der Waals surface area contributed by atoms with Gasteiger partial charge in [-0.15, -0.1) is 17.5 Å². The minimum atomic E-state index is -0.855. The molecular weight excluding hydrogens is 383 g/mol. The van der Waals surface area contributed by atoms with Gasteiger partial charge in [0.1, 0.15) is 0 Å². The zero-order valence-corrected chi connectivity index (χ0v) is 21.4. The van der Waals surface area contributed by atoms with Crippen molar-refractivity contribution < 1.29 is 49.0 Å². The van der Waals surface area contributed by atoms with Crippen LogP contribution in [0.2, 0.25) is 0 Å². The van der Waals surface area contributed by atoms with E-state index in [4.69, 9.17) is 4.74 Å². The largest absolute Gasteiger partial charge is 1.00 e. The van der Waals surface area contributed by atoms with Crippen LogP contribution < -0.4 is 34.7 Å². The second-order valence-electron chi connectivity index (χ2n) is 5.98. The van der Waals surface area contributed by atoms with Gasteiger partial charge in [-0.05, 0) is 37.0 Å². The van der Waals surface area contributed by atoms with Gasteiger partial charge in [-0.2, -0.15) is 0 Å². The van der Waals surface area contributed by atoms with Gasteiger partial charge in [0, 0.05) is 17.1 Å². The summed E-state index contributed by atoms with van der Waals surface area (Å²) in [5.41, 5.74) is 1.20. The van der Waals surface area contributed by atoms with Crippen molar-refractivity contribution in [2.45, 2.75) is 52.9 Å². The van der Waals surface area contributed by atoms with Crippen molar-refractivity contribution in [1.29, 1.82) is 0 Å². The van der Waals surface area contributed by atoms with Gasteiger partial charge in [-0.3, -0.25) is 9.59 Å². The Balaban J connectivity index is 0. The molecule has 0 saturated carbocycles. The number of hydrogen-bond acceptors (Lipinski definition) is 5. The molecule has 6 heteroatoms. The second kappa shape index (κ2) is 16.1. The minimum Gasteiger partial charge on any atom is -0.875 e. The summed E-state index contributed by atoms with van der Waals surface area (Å²) in [5, 5.41) is 12.0. The molecule has 0 radical (unpaired) electrons. The molecule has 1 aromatic carbocycles. The maximum Gasteiger partial charge on any atom is 1.00 e. The van der Waals surface area contributed by atoms with Crippen molar-refractivity contribution in [3.8, 4) is 0 Å². The van der Waals surface area contributed by atoms with E-state index in [9.17, 15) is 14.7 Å². The molecule has 1 aliphatic rings. The fourth-order valence-corrected chi connectivity index (χ4v) is 3.83. The van der Waals surface area contributed by atoms with Crippen LogP contribution in [-0.2, 0) is 14.3 Å². The SMILES string of the molecule is CC.CC.COC(=O)C1C([O-])=CC(=O)CC1C(C)CSc1ccc(C)cc1.[Na+]. The number of ether oxygens (including phenoxy) is 1. The van der Waals surface area contributed by atoms with E-state index < -0.39 is 17.6 Å². The molecule has 152 valence electrons. The molecule has 0 aliphatic heterocycles. The van der Waals surface area contributed by atoms with Crippen LogP contribution in [0.3, 0.4) is 0 Å². The fourth-order valence-electron chi connectivity index (χ4n) is 2.80. The first kappa shape index (κ1) is 29.5. The van der Waals surface area contributed by atoms with Crippen LogP contribution in [0.25, 0.3) is 0 Å². The van der Waals surface area contributed by atoms with Crippen LogP contribution in [0.1, 0.15) is 46.6 Å². The third-order valence-electron chi connectivity index (χ3n) is 4.19. The van der Waals surface area contributed by atoms with E-state index in [1.807, 2.05) is 53.7 Å². The zero-order chi connectivity index (χ0) is 21.0. The predicted molar refractivity (Wildman–Crippen MR) is 110 cm³/mol. The average Bonchev–Trinajstić information content (AvgIpc) is 2.69. The smallest absolute Gasteiger partial charge is 0.875 e. The molecule has 1 aromatic rings. The maximum atomic E-state index is 12.0. The van der Waals surface area contributed by atoms with E-state index in [1.54, 1.807) is 11.8 Å². The van der Waals surface area contributed by atoms with Crippen LogP contribution in [-0.4, -0.2) is 24.6 Å². The second-order valence-corrected chi connectivity index (χ2v) is 7.08. The molecule has 4 nitrogen and oxygen atoms in total. The Kier molecular flexibility index (Phi) is 16.9. The number of carbonyl (C=O) groups excluding carboxylic acids is 2. The van der Waals surface area contributed by atoms with Gasteiger partial charge in [0.05, 0.1) is 13.0 Å². The summed E-state index contributed by atoms with van der Waals surface area (Å²) >= 11 is 1.67. The molecule has 0 amide bonds. The first-order valence-corrected chi connectivity index (χ1v) is 10.6. The molecule has 0 spiro atoms. The number of carbonyl (C=O) groups is 2. The van der Waals surface area contributed by atoms with Crippen molar-refractivity contribution in [1.82, 2.24) is 0 Å². The number of aryl methyl sites for hydroxylation is 1. The summed E-state index contributed by atoms with van der Waals surface area (Å²) in [6, 6.07) is 8.20. The molecule has 1 aliphatic carbocycles. The molecule has 3 unspecified atom stereocenters. The van der Waals surface area contributed by atoms with Crippen molar-refractivity contribution in [2.24, 2.45) is 17.8 Å². The number of methoxy groups -OCH3 is 1. The monoisotopic (exact) mass is 416 g/mol. The summed E-state index contributed by atoms with van der Waals surface area (Å²) in [6.07, 6.45) is 1.26. The number of allylic oxidation sites excluding steroid dienone is 1. The average molecular weight is 417 g/mol. The Hall–Kier alpha value is -0.750. The van der Waals surface area contributed by atoms with Gasteiger partial charge in [-0.25, -0.2) is 0 Å². The van der Waals surface area contributed by atoms with Gasteiger partial charge < -0.3 is 9.84 Å². The van der Waals surface area contributed by atoms with Crippen LogP contribution in [0, 0.1) is 24.7 Å². The van der Waals surface area contributed by atoms with Gasteiger partial charge in [0.2, 0.25) is 0 Å². The van der Waals surface area contributed by atoms with E-state index in [2.05, 4.69) is 12.1 Å². The molecule has 2 rings (SSSR count). The van der Waals surface area contributed by atoms with E-state index in [0.717, 1.165) is 16.7 Å². The number of benzene rings is 1. The van der Waals surface area contributed by atoms with Crippen LogP contribution in [0.5, 0.6) is 0 Å². The van der Waals surface area contributed by atoms with Gasteiger partial charge >= 0.3 is 35.5 Å². The summed E-state index contributed by atoms with van der Waals surface area (Å²) < 4.78 is 4.75. The topological polar surface area (TPSA) is 66.4 Å². The number of esters is 1. The first-order valence-electron chi connectivity index (χ1n) is 9.61. The molecular formula is C22H33NaO4S. The number of rotatable bonds is 5. The Labute approximate surface area is 196 Å². The Bertz CT molecular complexity index is 613. The summed E-state index contributed by atoms with van der Waals surface area (Å²) in [6.45, 7) is 12.0. The standard InChI is InChI=1S/C18H22O4S.2C2H6.Na/c1-11-4-6-14(7-5-11)23-10-12(2)15-8-13(19)9-16(20)17(15)18(21)22-3;2*1-2;/h4-7,9,12,15,17,20H,8,10H2,1-3H3;2*1-2H3;/q;;;+1/p-1. The minimum absolute atomic E-state index is 0. The molecule has 0 heterocycles. The summed E-state index contributed by atoms with van der Waals surface area (Å²) in [5.74, 6) is -1.54. The quantitative estimate of drug-likeness (QED) is 0.412. The van der Waals surface area contributed by atoms with E-state index >= 15 is 0 Å². The van der Waals surface area contributed by atoms with Crippen molar-refractivity contribution in [2.75, 3.05) is 12.9 Å². The van der Waals surface area contributed by atoms with Crippen LogP contribution >= 0.6 is 11.8 Å². The molecule has 3 atom stereocenters.